The van der Waals surface area contributed by atoms with Gasteiger partial charge in [-0.15, -0.1) is 10.2 Å². The molecule has 0 saturated heterocycles. The number of amides is 1. The Morgan fingerprint density at radius 3 is 2.77 bits per heavy atom. The minimum absolute atomic E-state index is 0.0101. The van der Waals surface area contributed by atoms with Gasteiger partial charge in [-0.1, -0.05) is 33.3 Å². The molecule has 0 unspecified atom stereocenters. The molecular weight excluding hydrogens is 437 g/mol. The maximum absolute atomic E-state index is 13.1. The highest BCUT2D eigenvalue weighted by molar-refractivity contribution is 9.10. The van der Waals surface area contributed by atoms with Crippen molar-refractivity contribution in [3.05, 3.63) is 33.7 Å². The maximum atomic E-state index is 13.1. The molecule has 0 spiro atoms. The fourth-order valence-corrected chi connectivity index (χ4v) is 3.86. The van der Waals surface area contributed by atoms with Gasteiger partial charge in [-0.3, -0.25) is 0 Å². The normalized spacial score (nSPS) is 11.9. The zero-order chi connectivity index (χ0) is 19.1. The number of hydrogen-bond acceptors (Lipinski definition) is 4. The molecule has 1 N–H and O–H groups in total. The Bertz CT molecular complexity index is 970. The van der Waals surface area contributed by atoms with Crippen LogP contribution in [0.3, 0.4) is 0 Å². The number of hydrogen-bond donors (Lipinski definition) is 1. The monoisotopic (exact) mass is 448 g/mol. The fourth-order valence-electron chi connectivity index (χ4n) is 2.47. The summed E-state index contributed by atoms with van der Waals surface area (Å²) in [7, 11) is 1.38. The zero-order valence-corrected chi connectivity index (χ0v) is 15.7. The van der Waals surface area contributed by atoms with E-state index in [-0.39, 0.29) is 12.2 Å². The highest BCUT2D eigenvalue weighted by Gasteiger charge is 2.31. The number of halogens is 4. The Balaban J connectivity index is 2.07. The van der Waals surface area contributed by atoms with Gasteiger partial charge in [0, 0.05) is 16.9 Å². The highest BCUT2D eigenvalue weighted by atomic mass is 79.9. The molecule has 11 heteroatoms. The van der Waals surface area contributed by atoms with Crippen LogP contribution < -0.4 is 0 Å². The lowest BCUT2D eigenvalue weighted by atomic mass is 10.2. The lowest BCUT2D eigenvalue weighted by Crippen LogP contribution is -2.23. The molecule has 0 aliphatic rings. The molecule has 0 fully saturated rings. The first-order valence-electron chi connectivity index (χ1n) is 7.27. The van der Waals surface area contributed by atoms with Crippen LogP contribution in [-0.2, 0) is 13.1 Å². The van der Waals surface area contributed by atoms with Crippen LogP contribution in [0.2, 0.25) is 0 Å². The molecule has 0 atom stereocenters. The summed E-state index contributed by atoms with van der Waals surface area (Å²) in [6.45, 7) is -1.15. The second-order valence-electron chi connectivity index (χ2n) is 5.54. The van der Waals surface area contributed by atoms with Gasteiger partial charge in [0.2, 0.25) is 0 Å². The van der Waals surface area contributed by atoms with Crippen LogP contribution in [0.25, 0.3) is 21.6 Å². The molecule has 138 valence electrons. The van der Waals surface area contributed by atoms with Crippen LogP contribution in [0, 0.1) is 0 Å². The topological polar surface area (TPSA) is 71.2 Å². The summed E-state index contributed by atoms with van der Waals surface area (Å²) in [4.78, 5) is 11.9. The van der Waals surface area contributed by atoms with Gasteiger partial charge in [0.15, 0.2) is 5.01 Å². The van der Waals surface area contributed by atoms with Gasteiger partial charge in [-0.25, -0.2) is 4.79 Å². The van der Waals surface area contributed by atoms with Crippen molar-refractivity contribution in [2.75, 3.05) is 7.05 Å². The van der Waals surface area contributed by atoms with Crippen molar-refractivity contribution < 1.29 is 23.1 Å². The molecule has 1 amide bonds. The molecule has 0 radical (unpaired) electrons. The van der Waals surface area contributed by atoms with Crippen molar-refractivity contribution in [3.8, 4) is 10.7 Å². The number of benzene rings is 1. The quantitative estimate of drug-likeness (QED) is 0.633. The Hall–Kier alpha value is -2.14. The third-order valence-corrected chi connectivity index (χ3v) is 5.24. The van der Waals surface area contributed by atoms with E-state index in [1.807, 2.05) is 0 Å². The predicted octanol–water partition coefficient (Wildman–Crippen LogP) is 4.59. The molecule has 2 heterocycles. The average molecular weight is 449 g/mol. The average Bonchev–Trinajstić information content (AvgIpc) is 3.12. The summed E-state index contributed by atoms with van der Waals surface area (Å²) in [6, 6.07) is 6.64. The van der Waals surface area contributed by atoms with E-state index in [9.17, 15) is 18.0 Å². The minimum atomic E-state index is -4.40. The number of nitrogens with zero attached hydrogens (tertiary/aromatic N) is 4. The van der Waals surface area contributed by atoms with Crippen molar-refractivity contribution in [1.29, 1.82) is 0 Å². The molecule has 26 heavy (non-hydrogen) atoms. The maximum Gasteiger partial charge on any atom is 0.407 e. The molecule has 2 aromatic heterocycles. The zero-order valence-electron chi connectivity index (χ0n) is 13.3. The largest absolute Gasteiger partial charge is 0.465 e. The van der Waals surface area contributed by atoms with Crippen molar-refractivity contribution in [2.45, 2.75) is 19.3 Å². The second kappa shape index (κ2) is 6.88. The van der Waals surface area contributed by atoms with E-state index in [2.05, 4.69) is 26.1 Å². The van der Waals surface area contributed by atoms with Crippen molar-refractivity contribution in [3.63, 3.8) is 0 Å². The SMILES string of the molecule is CN(Cc1nnc(-c2cc3c(Br)cccc3n2CC(F)(F)F)s1)C(=O)O. The van der Waals surface area contributed by atoms with Crippen molar-refractivity contribution in [2.24, 2.45) is 0 Å². The molecule has 0 aliphatic carbocycles. The lowest BCUT2D eigenvalue weighted by Gasteiger charge is -2.12. The molecule has 0 bridgehead atoms. The summed E-state index contributed by atoms with van der Waals surface area (Å²) in [5.41, 5.74) is 0.706. The number of carboxylic acid groups (broad SMARTS) is 1. The lowest BCUT2D eigenvalue weighted by molar-refractivity contribution is -0.139. The van der Waals surface area contributed by atoms with E-state index in [0.717, 1.165) is 20.8 Å². The molecule has 0 aliphatic heterocycles. The number of carbonyl (C=O) groups is 1. The molecular formula is C15H12BrF3N4O2S. The van der Waals surface area contributed by atoms with Gasteiger partial charge in [0.25, 0.3) is 0 Å². The Morgan fingerprint density at radius 2 is 2.12 bits per heavy atom. The van der Waals surface area contributed by atoms with Crippen LogP contribution >= 0.6 is 27.3 Å². The smallest absolute Gasteiger partial charge is 0.407 e. The number of aromatic nitrogens is 3. The van der Waals surface area contributed by atoms with E-state index >= 15 is 0 Å². The van der Waals surface area contributed by atoms with Crippen LogP contribution in [0.1, 0.15) is 5.01 Å². The molecule has 6 nitrogen and oxygen atoms in total. The Labute approximate surface area is 158 Å². The molecule has 1 aromatic carbocycles. The minimum Gasteiger partial charge on any atom is -0.465 e. The summed E-state index contributed by atoms with van der Waals surface area (Å²) < 4.78 is 41.0. The fraction of sp³-hybridized carbons (Fsp3) is 0.267. The van der Waals surface area contributed by atoms with Gasteiger partial charge in [0.1, 0.15) is 11.6 Å². The number of alkyl halides is 3. The predicted molar refractivity (Wildman–Crippen MR) is 94.1 cm³/mol. The van der Waals surface area contributed by atoms with Crippen LogP contribution in [0.15, 0.2) is 28.7 Å². The molecule has 0 saturated carbocycles. The van der Waals surface area contributed by atoms with E-state index in [0.29, 0.717) is 25.4 Å². The van der Waals surface area contributed by atoms with Gasteiger partial charge < -0.3 is 14.6 Å². The second-order valence-corrected chi connectivity index (χ2v) is 7.46. The van der Waals surface area contributed by atoms with E-state index in [1.54, 1.807) is 24.3 Å². The number of fused-ring (bicyclic) bond motifs is 1. The van der Waals surface area contributed by atoms with E-state index in [1.165, 1.54) is 7.05 Å². The third-order valence-electron chi connectivity index (χ3n) is 3.61. The summed E-state index contributed by atoms with van der Waals surface area (Å²) in [5, 5.41) is 18.1. The van der Waals surface area contributed by atoms with Crippen molar-refractivity contribution in [1.82, 2.24) is 19.7 Å². The van der Waals surface area contributed by atoms with Gasteiger partial charge in [0.05, 0.1) is 17.8 Å². The Morgan fingerprint density at radius 1 is 1.38 bits per heavy atom. The van der Waals surface area contributed by atoms with Gasteiger partial charge in [-0.05, 0) is 18.2 Å². The van der Waals surface area contributed by atoms with Gasteiger partial charge >= 0.3 is 12.3 Å². The first kappa shape index (κ1) is 18.6. The van der Waals surface area contributed by atoms with Gasteiger partial charge in [-0.2, -0.15) is 13.2 Å². The van der Waals surface area contributed by atoms with Crippen LogP contribution in [0.4, 0.5) is 18.0 Å². The first-order valence-corrected chi connectivity index (χ1v) is 8.88. The third kappa shape index (κ3) is 3.83. The summed E-state index contributed by atoms with van der Waals surface area (Å²) in [6.07, 6.45) is -5.53. The molecule has 3 rings (SSSR count). The standard InChI is InChI=1S/C15H12BrF3N4O2S/c1-22(14(24)25)6-12-20-21-13(26-12)11-5-8-9(16)3-2-4-10(8)23(11)7-15(17,18)19/h2-5H,6-7H2,1H3,(H,24,25). The van der Waals surface area contributed by atoms with Crippen LogP contribution in [-0.4, -0.2) is 44.1 Å². The van der Waals surface area contributed by atoms with Crippen molar-refractivity contribution >= 4 is 44.3 Å². The van der Waals surface area contributed by atoms with E-state index in [4.69, 9.17) is 5.11 Å². The number of rotatable bonds is 4. The first-order chi connectivity index (χ1) is 12.2. The van der Waals surface area contributed by atoms with Crippen LogP contribution in [0.5, 0.6) is 0 Å². The van der Waals surface area contributed by atoms with E-state index < -0.39 is 18.8 Å². The summed E-state index contributed by atoms with van der Waals surface area (Å²) >= 11 is 4.41. The Kier molecular flexibility index (Phi) is 4.93. The summed E-state index contributed by atoms with van der Waals surface area (Å²) in [5.74, 6) is 0. The molecule has 3 aromatic rings. The highest BCUT2D eigenvalue weighted by Crippen LogP contribution is 2.35.